The van der Waals surface area contributed by atoms with Crippen LogP contribution in [-0.2, 0) is 24.8 Å². The normalized spacial score (nSPS) is 15.9. The molecule has 0 spiro atoms. The molecule has 2 N–H and O–H groups in total. The number of anilines is 2. The molecule has 11 heteroatoms. The fraction of sp³-hybridized carbons (Fsp3) is 0.350. The van der Waals surface area contributed by atoms with Crippen LogP contribution >= 0.6 is 0 Å². The van der Waals surface area contributed by atoms with E-state index in [0.29, 0.717) is 24.3 Å². The molecule has 1 heterocycles. The van der Waals surface area contributed by atoms with Gasteiger partial charge in [-0.2, -0.15) is 4.31 Å². The number of rotatable bonds is 7. The number of hydrogen-bond acceptors (Lipinski definition) is 6. The Morgan fingerprint density at radius 3 is 2.10 bits per heavy atom. The molecule has 0 atom stereocenters. The molecule has 0 radical (unpaired) electrons. The maximum absolute atomic E-state index is 12.9. The van der Waals surface area contributed by atoms with Gasteiger partial charge in [-0.25, -0.2) is 16.8 Å². The Kier molecular flexibility index (Phi) is 6.87. The lowest BCUT2D eigenvalue weighted by Gasteiger charge is -2.30. The highest BCUT2D eigenvalue weighted by molar-refractivity contribution is 7.92. The van der Waals surface area contributed by atoms with Gasteiger partial charge in [-0.15, -0.1) is 0 Å². The van der Waals surface area contributed by atoms with Crippen LogP contribution in [-0.4, -0.2) is 53.5 Å². The molecule has 0 unspecified atom stereocenters. The minimum atomic E-state index is -3.65. The molecule has 1 fully saturated rings. The second-order valence-corrected chi connectivity index (χ2v) is 10.9. The fourth-order valence-electron chi connectivity index (χ4n) is 3.37. The number of para-hydroxylation sites is 2. The summed E-state index contributed by atoms with van der Waals surface area (Å²) < 4.78 is 57.6. The van der Waals surface area contributed by atoms with Crippen molar-refractivity contribution in [2.24, 2.45) is 5.92 Å². The Morgan fingerprint density at radius 2 is 1.55 bits per heavy atom. The number of piperidine rings is 1. The van der Waals surface area contributed by atoms with Crippen LogP contribution in [0.2, 0.25) is 0 Å². The largest absolute Gasteiger partial charge is 0.497 e. The van der Waals surface area contributed by atoms with Gasteiger partial charge < -0.3 is 10.1 Å². The summed E-state index contributed by atoms with van der Waals surface area (Å²) in [4.78, 5) is 12.9. The number of benzene rings is 2. The van der Waals surface area contributed by atoms with Crippen molar-refractivity contribution in [3.05, 3.63) is 48.5 Å². The van der Waals surface area contributed by atoms with E-state index >= 15 is 0 Å². The first-order valence-electron chi connectivity index (χ1n) is 9.62. The third kappa shape index (κ3) is 5.75. The van der Waals surface area contributed by atoms with E-state index < -0.39 is 20.0 Å². The Hall–Kier alpha value is -2.63. The van der Waals surface area contributed by atoms with Crippen molar-refractivity contribution < 1.29 is 26.4 Å². The Labute approximate surface area is 182 Å². The molecule has 1 saturated heterocycles. The third-order valence-electron chi connectivity index (χ3n) is 5.00. The molecule has 0 aromatic heterocycles. The van der Waals surface area contributed by atoms with Gasteiger partial charge in [0.25, 0.3) is 0 Å². The second kappa shape index (κ2) is 9.25. The molecule has 0 saturated carbocycles. The molecular formula is C20H25N3O6S2. The summed E-state index contributed by atoms with van der Waals surface area (Å²) in [6, 6.07) is 12.7. The molecule has 2 aromatic rings. The number of sulfonamides is 2. The van der Waals surface area contributed by atoms with E-state index in [1.165, 1.54) is 23.5 Å². The van der Waals surface area contributed by atoms with Crippen LogP contribution in [0.3, 0.4) is 0 Å². The SMILES string of the molecule is COc1ccc(S(=O)(=O)N2CCC(C(=O)Nc3ccccc3NS(C)(=O)=O)CC2)cc1. The summed E-state index contributed by atoms with van der Waals surface area (Å²) in [5.74, 6) is -0.0853. The van der Waals surface area contributed by atoms with Crippen molar-refractivity contribution in [3.63, 3.8) is 0 Å². The molecule has 31 heavy (non-hydrogen) atoms. The topological polar surface area (TPSA) is 122 Å². The van der Waals surface area contributed by atoms with E-state index in [-0.39, 0.29) is 35.5 Å². The maximum Gasteiger partial charge on any atom is 0.243 e. The van der Waals surface area contributed by atoms with Gasteiger partial charge in [0.15, 0.2) is 0 Å². The van der Waals surface area contributed by atoms with Gasteiger partial charge in [0.05, 0.1) is 29.6 Å². The monoisotopic (exact) mass is 467 g/mol. The van der Waals surface area contributed by atoms with Crippen LogP contribution in [0.5, 0.6) is 5.75 Å². The number of nitrogens with zero attached hydrogens (tertiary/aromatic N) is 1. The van der Waals surface area contributed by atoms with Gasteiger partial charge in [0, 0.05) is 19.0 Å². The number of methoxy groups -OCH3 is 1. The minimum Gasteiger partial charge on any atom is -0.497 e. The zero-order valence-corrected chi connectivity index (χ0v) is 18.9. The van der Waals surface area contributed by atoms with Crippen molar-refractivity contribution in [1.82, 2.24) is 4.31 Å². The molecule has 0 bridgehead atoms. The van der Waals surface area contributed by atoms with Crippen LogP contribution in [0.25, 0.3) is 0 Å². The molecule has 3 rings (SSSR count). The second-order valence-electron chi connectivity index (χ2n) is 7.26. The molecule has 1 aliphatic rings. The van der Waals surface area contributed by atoms with Gasteiger partial charge >= 0.3 is 0 Å². The fourth-order valence-corrected chi connectivity index (χ4v) is 5.42. The van der Waals surface area contributed by atoms with Crippen molar-refractivity contribution in [1.29, 1.82) is 0 Å². The van der Waals surface area contributed by atoms with Gasteiger partial charge in [0.1, 0.15) is 5.75 Å². The molecule has 1 aliphatic heterocycles. The highest BCUT2D eigenvalue weighted by Gasteiger charge is 2.32. The Bertz CT molecular complexity index is 1140. The number of nitrogens with one attached hydrogen (secondary N) is 2. The molecular weight excluding hydrogens is 442 g/mol. The van der Waals surface area contributed by atoms with E-state index in [2.05, 4.69) is 10.0 Å². The first-order valence-corrected chi connectivity index (χ1v) is 13.0. The standard InChI is InChI=1S/C20H25N3O6S2/c1-29-16-7-9-17(10-8-16)31(27,28)23-13-11-15(12-14-23)20(24)21-18-5-3-4-6-19(18)22-30(2,25)26/h3-10,15,22H,11-14H2,1-2H3,(H,21,24). The van der Waals surface area contributed by atoms with Gasteiger partial charge in [-0.3, -0.25) is 9.52 Å². The first-order chi connectivity index (χ1) is 14.6. The molecule has 0 aliphatic carbocycles. The van der Waals surface area contributed by atoms with E-state index in [4.69, 9.17) is 4.74 Å². The number of amides is 1. The van der Waals surface area contributed by atoms with Crippen molar-refractivity contribution in [3.8, 4) is 5.75 Å². The highest BCUT2D eigenvalue weighted by atomic mass is 32.2. The van der Waals surface area contributed by atoms with E-state index in [1.54, 1.807) is 36.4 Å². The van der Waals surface area contributed by atoms with Crippen LogP contribution < -0.4 is 14.8 Å². The lowest BCUT2D eigenvalue weighted by atomic mass is 9.97. The number of ether oxygens (including phenoxy) is 1. The number of hydrogen-bond donors (Lipinski definition) is 2. The summed E-state index contributed by atoms with van der Waals surface area (Å²) >= 11 is 0. The van der Waals surface area contributed by atoms with Crippen molar-refractivity contribution in [2.75, 3.05) is 36.5 Å². The minimum absolute atomic E-state index is 0.178. The Balaban J connectivity index is 1.64. The smallest absolute Gasteiger partial charge is 0.243 e. The van der Waals surface area contributed by atoms with Crippen LogP contribution in [0.15, 0.2) is 53.4 Å². The quantitative estimate of drug-likeness (QED) is 0.643. The van der Waals surface area contributed by atoms with Crippen molar-refractivity contribution >= 4 is 37.3 Å². The van der Waals surface area contributed by atoms with Crippen LogP contribution in [0, 0.1) is 5.92 Å². The summed E-state index contributed by atoms with van der Waals surface area (Å²) in [6.07, 6.45) is 1.76. The van der Waals surface area contributed by atoms with Crippen molar-refractivity contribution in [2.45, 2.75) is 17.7 Å². The lowest BCUT2D eigenvalue weighted by Crippen LogP contribution is -2.41. The number of carbonyl (C=O) groups excluding carboxylic acids is 1. The predicted octanol–water partition coefficient (Wildman–Crippen LogP) is 2.11. The molecule has 168 valence electrons. The summed E-state index contributed by atoms with van der Waals surface area (Å²) in [6.45, 7) is 0.436. The van der Waals surface area contributed by atoms with E-state index in [1.807, 2.05) is 0 Å². The molecule has 9 nitrogen and oxygen atoms in total. The maximum atomic E-state index is 12.9. The van der Waals surface area contributed by atoms with Crippen LogP contribution in [0.1, 0.15) is 12.8 Å². The van der Waals surface area contributed by atoms with Gasteiger partial charge in [-0.1, -0.05) is 12.1 Å². The highest BCUT2D eigenvalue weighted by Crippen LogP contribution is 2.27. The van der Waals surface area contributed by atoms with E-state index in [0.717, 1.165) is 6.26 Å². The van der Waals surface area contributed by atoms with Crippen LogP contribution in [0.4, 0.5) is 11.4 Å². The zero-order chi connectivity index (χ0) is 22.6. The van der Waals surface area contributed by atoms with E-state index in [9.17, 15) is 21.6 Å². The number of carbonyl (C=O) groups is 1. The zero-order valence-electron chi connectivity index (χ0n) is 17.2. The van der Waals surface area contributed by atoms with Gasteiger partial charge in [0.2, 0.25) is 26.0 Å². The predicted molar refractivity (Wildman–Crippen MR) is 118 cm³/mol. The average Bonchev–Trinajstić information content (AvgIpc) is 2.74. The molecule has 1 amide bonds. The molecule has 2 aromatic carbocycles. The Morgan fingerprint density at radius 1 is 0.968 bits per heavy atom. The summed E-state index contributed by atoms with van der Waals surface area (Å²) in [7, 11) is -5.64. The first kappa shape index (κ1) is 23.0. The summed E-state index contributed by atoms with van der Waals surface area (Å²) in [5.41, 5.74) is 0.629. The lowest BCUT2D eigenvalue weighted by molar-refractivity contribution is -0.120. The van der Waals surface area contributed by atoms with Gasteiger partial charge in [-0.05, 0) is 49.2 Å². The average molecular weight is 468 g/mol. The third-order valence-corrected chi connectivity index (χ3v) is 7.51. The summed E-state index contributed by atoms with van der Waals surface area (Å²) in [5, 5.41) is 2.75.